The summed E-state index contributed by atoms with van der Waals surface area (Å²) >= 11 is 0. The van der Waals surface area contributed by atoms with E-state index in [1.165, 1.54) is 12.1 Å². The summed E-state index contributed by atoms with van der Waals surface area (Å²) in [5, 5.41) is 8.67. The van der Waals surface area contributed by atoms with E-state index < -0.39 is 0 Å². The van der Waals surface area contributed by atoms with Gasteiger partial charge in [-0.05, 0) is 30.8 Å². The lowest BCUT2D eigenvalue weighted by atomic mass is 10.1. The number of halogens is 1. The molecule has 80 valence electrons. The molecule has 1 aromatic carbocycles. The molecule has 0 aliphatic carbocycles. The van der Waals surface area contributed by atoms with Gasteiger partial charge in [-0.15, -0.1) is 0 Å². The van der Waals surface area contributed by atoms with Gasteiger partial charge in [-0.3, -0.25) is 0 Å². The highest BCUT2D eigenvalue weighted by molar-refractivity contribution is 5.33. The SMILES string of the molecule is CN(CCN)Cc1cc(F)cc(C#N)c1. The molecule has 0 heterocycles. The molecule has 3 nitrogen and oxygen atoms in total. The second-order valence-corrected chi connectivity index (χ2v) is 3.49. The first kappa shape index (κ1) is 11.6. The normalized spacial score (nSPS) is 10.3. The van der Waals surface area contributed by atoms with Crippen LogP contribution in [0.3, 0.4) is 0 Å². The zero-order chi connectivity index (χ0) is 11.3. The summed E-state index contributed by atoms with van der Waals surface area (Å²) in [7, 11) is 1.91. The highest BCUT2D eigenvalue weighted by atomic mass is 19.1. The van der Waals surface area contributed by atoms with E-state index in [-0.39, 0.29) is 5.82 Å². The molecule has 0 spiro atoms. The van der Waals surface area contributed by atoms with Crippen LogP contribution in [0.2, 0.25) is 0 Å². The van der Waals surface area contributed by atoms with Crippen LogP contribution in [-0.2, 0) is 6.54 Å². The number of benzene rings is 1. The molecule has 1 aromatic rings. The molecule has 0 unspecified atom stereocenters. The molecule has 0 saturated heterocycles. The molecule has 0 atom stereocenters. The zero-order valence-electron chi connectivity index (χ0n) is 8.70. The van der Waals surface area contributed by atoms with Gasteiger partial charge in [0.05, 0.1) is 11.6 Å². The number of nitrogens with zero attached hydrogens (tertiary/aromatic N) is 2. The van der Waals surface area contributed by atoms with E-state index in [1.54, 1.807) is 6.07 Å². The first-order valence-electron chi connectivity index (χ1n) is 4.74. The lowest BCUT2D eigenvalue weighted by molar-refractivity contribution is 0.335. The highest BCUT2D eigenvalue weighted by Crippen LogP contribution is 2.10. The van der Waals surface area contributed by atoms with Crippen LogP contribution in [0.4, 0.5) is 4.39 Å². The standard InChI is InChI=1S/C11H14FN3/c1-15(3-2-13)8-10-4-9(7-14)5-11(12)6-10/h4-6H,2-3,8,13H2,1H3. The van der Waals surface area contributed by atoms with Gasteiger partial charge in [0.25, 0.3) is 0 Å². The summed E-state index contributed by atoms with van der Waals surface area (Å²) in [5.74, 6) is -0.370. The van der Waals surface area contributed by atoms with Crippen LogP contribution in [0.5, 0.6) is 0 Å². The Morgan fingerprint density at radius 2 is 2.20 bits per heavy atom. The van der Waals surface area contributed by atoms with Gasteiger partial charge in [-0.25, -0.2) is 4.39 Å². The Balaban J connectivity index is 2.77. The van der Waals surface area contributed by atoms with Crippen molar-refractivity contribution in [2.75, 3.05) is 20.1 Å². The van der Waals surface area contributed by atoms with E-state index >= 15 is 0 Å². The lowest BCUT2D eigenvalue weighted by Gasteiger charge is -2.15. The van der Waals surface area contributed by atoms with Crippen molar-refractivity contribution in [2.45, 2.75) is 6.54 Å². The first-order valence-corrected chi connectivity index (χ1v) is 4.74. The third-order valence-electron chi connectivity index (χ3n) is 2.05. The molecule has 2 N–H and O–H groups in total. The summed E-state index contributed by atoms with van der Waals surface area (Å²) in [6, 6.07) is 6.29. The summed E-state index contributed by atoms with van der Waals surface area (Å²) in [5.41, 5.74) is 6.55. The van der Waals surface area contributed by atoms with Crippen molar-refractivity contribution in [1.82, 2.24) is 4.90 Å². The highest BCUT2D eigenvalue weighted by Gasteiger charge is 2.03. The topological polar surface area (TPSA) is 53.0 Å². The molecule has 15 heavy (non-hydrogen) atoms. The summed E-state index contributed by atoms with van der Waals surface area (Å²) < 4.78 is 13.1. The van der Waals surface area contributed by atoms with Gasteiger partial charge in [-0.2, -0.15) is 5.26 Å². The minimum Gasteiger partial charge on any atom is -0.329 e. The number of nitriles is 1. The molecule has 0 fully saturated rings. The van der Waals surface area contributed by atoms with E-state index in [0.29, 0.717) is 18.7 Å². The Morgan fingerprint density at radius 1 is 1.47 bits per heavy atom. The molecule has 0 aliphatic rings. The van der Waals surface area contributed by atoms with Crippen molar-refractivity contribution in [3.63, 3.8) is 0 Å². The van der Waals surface area contributed by atoms with Crippen LogP contribution in [0.1, 0.15) is 11.1 Å². The van der Waals surface area contributed by atoms with Crippen molar-refractivity contribution < 1.29 is 4.39 Å². The fraction of sp³-hybridized carbons (Fsp3) is 0.364. The summed E-state index contributed by atoms with van der Waals surface area (Å²) in [6.45, 7) is 1.92. The Bertz CT molecular complexity index is 371. The van der Waals surface area contributed by atoms with Crippen molar-refractivity contribution in [3.8, 4) is 6.07 Å². The fourth-order valence-corrected chi connectivity index (χ4v) is 1.42. The molecular weight excluding hydrogens is 193 g/mol. The summed E-state index contributed by atoms with van der Waals surface area (Å²) in [4.78, 5) is 1.98. The van der Waals surface area contributed by atoms with Crippen molar-refractivity contribution in [2.24, 2.45) is 5.73 Å². The van der Waals surface area contributed by atoms with Crippen LogP contribution in [0.25, 0.3) is 0 Å². The van der Waals surface area contributed by atoms with Crippen molar-refractivity contribution in [3.05, 3.63) is 35.1 Å². The molecule has 4 heteroatoms. The Hall–Kier alpha value is -1.44. The van der Waals surface area contributed by atoms with E-state index in [2.05, 4.69) is 0 Å². The number of hydrogen-bond acceptors (Lipinski definition) is 3. The molecular formula is C11H14FN3. The van der Waals surface area contributed by atoms with E-state index in [0.717, 1.165) is 12.1 Å². The van der Waals surface area contributed by atoms with E-state index in [4.69, 9.17) is 11.0 Å². The zero-order valence-corrected chi connectivity index (χ0v) is 8.70. The van der Waals surface area contributed by atoms with Gasteiger partial charge < -0.3 is 10.6 Å². The van der Waals surface area contributed by atoms with Crippen molar-refractivity contribution in [1.29, 1.82) is 5.26 Å². The number of rotatable bonds is 4. The Kier molecular flexibility index (Phi) is 4.22. The van der Waals surface area contributed by atoms with E-state index in [9.17, 15) is 4.39 Å². The monoisotopic (exact) mass is 207 g/mol. The number of nitrogens with two attached hydrogens (primary N) is 1. The molecule has 0 bridgehead atoms. The molecule has 0 radical (unpaired) electrons. The van der Waals surface area contributed by atoms with Crippen LogP contribution in [-0.4, -0.2) is 25.0 Å². The third-order valence-corrected chi connectivity index (χ3v) is 2.05. The Labute approximate surface area is 88.9 Å². The minimum absolute atomic E-state index is 0.353. The average Bonchev–Trinajstić information content (AvgIpc) is 2.17. The third kappa shape index (κ3) is 3.66. The van der Waals surface area contributed by atoms with Gasteiger partial charge in [0, 0.05) is 19.6 Å². The van der Waals surface area contributed by atoms with Gasteiger partial charge in [0.2, 0.25) is 0 Å². The quantitative estimate of drug-likeness (QED) is 0.804. The lowest BCUT2D eigenvalue weighted by Crippen LogP contribution is -2.25. The van der Waals surface area contributed by atoms with Gasteiger partial charge in [-0.1, -0.05) is 0 Å². The van der Waals surface area contributed by atoms with Crippen LogP contribution < -0.4 is 5.73 Å². The maximum Gasteiger partial charge on any atom is 0.124 e. The molecule has 1 rings (SSSR count). The summed E-state index contributed by atoms with van der Waals surface area (Å²) in [6.07, 6.45) is 0. The maximum absolute atomic E-state index is 13.1. The van der Waals surface area contributed by atoms with E-state index in [1.807, 2.05) is 18.0 Å². The fourth-order valence-electron chi connectivity index (χ4n) is 1.42. The maximum atomic E-state index is 13.1. The molecule has 0 saturated carbocycles. The number of hydrogen-bond donors (Lipinski definition) is 1. The number of likely N-dealkylation sites (N-methyl/N-ethyl adjacent to an activating group) is 1. The van der Waals surface area contributed by atoms with Crippen LogP contribution in [0.15, 0.2) is 18.2 Å². The van der Waals surface area contributed by atoms with Crippen LogP contribution in [0, 0.1) is 17.1 Å². The second-order valence-electron chi connectivity index (χ2n) is 3.49. The molecule has 0 aromatic heterocycles. The van der Waals surface area contributed by atoms with Gasteiger partial charge in [0.1, 0.15) is 5.82 Å². The smallest absolute Gasteiger partial charge is 0.124 e. The second kappa shape index (κ2) is 5.44. The predicted octanol–water partition coefficient (Wildman–Crippen LogP) is 1.09. The first-order chi connectivity index (χ1) is 7.15. The van der Waals surface area contributed by atoms with Gasteiger partial charge in [0.15, 0.2) is 0 Å². The van der Waals surface area contributed by atoms with Crippen molar-refractivity contribution >= 4 is 0 Å². The molecule has 0 aliphatic heterocycles. The average molecular weight is 207 g/mol. The Morgan fingerprint density at radius 3 is 2.80 bits per heavy atom. The molecule has 0 amide bonds. The van der Waals surface area contributed by atoms with Gasteiger partial charge >= 0.3 is 0 Å². The largest absolute Gasteiger partial charge is 0.329 e. The minimum atomic E-state index is -0.370. The van der Waals surface area contributed by atoms with Crippen LogP contribution >= 0.6 is 0 Å². The predicted molar refractivity (Wildman–Crippen MR) is 56.5 cm³/mol.